The summed E-state index contributed by atoms with van der Waals surface area (Å²) in [5, 5.41) is 8.88. The van der Waals surface area contributed by atoms with Gasteiger partial charge in [-0.25, -0.2) is 4.79 Å². The van der Waals surface area contributed by atoms with Gasteiger partial charge in [-0.3, -0.25) is 0 Å². The fraction of sp³-hybridized carbons (Fsp3) is 0.556. The summed E-state index contributed by atoms with van der Waals surface area (Å²) in [4.78, 5) is 11.2. The number of carbonyl (C=O) groups is 1. The number of nitriles is 1. The number of rotatable bonds is 0. The number of ether oxygens (including phenoxy) is 1. The van der Waals surface area contributed by atoms with Crippen molar-refractivity contribution in [2.75, 3.05) is 11.5 Å². The fourth-order valence-corrected chi connectivity index (χ4v) is 3.20. The molecule has 2 aliphatic rings. The van der Waals surface area contributed by atoms with Gasteiger partial charge < -0.3 is 4.74 Å². The molecule has 2 saturated heterocycles. The number of hydrogen-bond acceptors (Lipinski definition) is 4. The SMILES string of the molecule is C=C1CC2(CSCC2C#N)OC1=O. The van der Waals surface area contributed by atoms with Crippen LogP contribution in [0.25, 0.3) is 0 Å². The van der Waals surface area contributed by atoms with E-state index in [1.165, 1.54) is 0 Å². The average Bonchev–Trinajstić information content (AvgIpc) is 2.59. The predicted molar refractivity (Wildman–Crippen MR) is 49.0 cm³/mol. The molecule has 2 fully saturated rings. The lowest BCUT2D eigenvalue weighted by atomic mass is 9.88. The molecule has 0 radical (unpaired) electrons. The quantitative estimate of drug-likeness (QED) is 0.429. The van der Waals surface area contributed by atoms with Crippen molar-refractivity contribution in [2.24, 2.45) is 5.92 Å². The Morgan fingerprint density at radius 2 is 2.54 bits per heavy atom. The van der Waals surface area contributed by atoms with E-state index >= 15 is 0 Å². The van der Waals surface area contributed by atoms with Crippen LogP contribution in [0.5, 0.6) is 0 Å². The van der Waals surface area contributed by atoms with Crippen molar-refractivity contribution >= 4 is 17.7 Å². The first-order chi connectivity index (χ1) is 6.18. The summed E-state index contributed by atoms with van der Waals surface area (Å²) in [6.07, 6.45) is 0.525. The molecule has 2 aliphatic heterocycles. The second-order valence-electron chi connectivity index (χ2n) is 3.43. The molecule has 2 atom stereocenters. The molecular formula is C9H9NO2S. The van der Waals surface area contributed by atoms with Crippen molar-refractivity contribution < 1.29 is 9.53 Å². The van der Waals surface area contributed by atoms with Gasteiger partial charge in [-0.1, -0.05) is 6.58 Å². The van der Waals surface area contributed by atoms with Crippen LogP contribution in [-0.4, -0.2) is 23.1 Å². The molecule has 0 saturated carbocycles. The molecule has 0 aromatic heterocycles. The summed E-state index contributed by atoms with van der Waals surface area (Å²) in [7, 11) is 0. The molecule has 0 amide bonds. The van der Waals surface area contributed by atoms with Crippen molar-refractivity contribution in [3.63, 3.8) is 0 Å². The smallest absolute Gasteiger partial charge is 0.334 e. The standard InChI is InChI=1S/C9H9NO2S/c1-6-2-9(12-8(6)11)5-13-4-7(9)3-10/h7H,1-2,4-5H2. The van der Waals surface area contributed by atoms with Gasteiger partial charge in [0.1, 0.15) is 5.60 Å². The van der Waals surface area contributed by atoms with Crippen LogP contribution in [0.3, 0.4) is 0 Å². The van der Waals surface area contributed by atoms with E-state index in [1.54, 1.807) is 11.8 Å². The van der Waals surface area contributed by atoms with Gasteiger partial charge in [-0.05, 0) is 0 Å². The van der Waals surface area contributed by atoms with Crippen molar-refractivity contribution in [1.82, 2.24) is 0 Å². The van der Waals surface area contributed by atoms with Crippen LogP contribution >= 0.6 is 11.8 Å². The lowest BCUT2D eigenvalue weighted by Gasteiger charge is -2.23. The van der Waals surface area contributed by atoms with Gasteiger partial charge in [0.25, 0.3) is 0 Å². The highest BCUT2D eigenvalue weighted by molar-refractivity contribution is 7.99. The molecule has 0 aliphatic carbocycles. The van der Waals surface area contributed by atoms with E-state index in [0.717, 1.165) is 11.5 Å². The zero-order valence-corrected chi connectivity index (χ0v) is 7.89. The Kier molecular flexibility index (Phi) is 1.85. The normalized spacial score (nSPS) is 37.9. The third-order valence-electron chi connectivity index (χ3n) is 2.52. The minimum Gasteiger partial charge on any atom is -0.453 e. The molecule has 0 aromatic carbocycles. The van der Waals surface area contributed by atoms with Crippen LogP contribution in [0.2, 0.25) is 0 Å². The highest BCUT2D eigenvalue weighted by atomic mass is 32.2. The van der Waals surface area contributed by atoms with Crippen molar-refractivity contribution in [3.8, 4) is 6.07 Å². The second-order valence-corrected chi connectivity index (χ2v) is 4.46. The first-order valence-corrected chi connectivity index (χ1v) is 5.22. The van der Waals surface area contributed by atoms with Gasteiger partial charge in [0.15, 0.2) is 0 Å². The molecule has 1 spiro atoms. The number of esters is 1. The summed E-state index contributed by atoms with van der Waals surface area (Å²) >= 11 is 1.67. The first-order valence-electron chi connectivity index (χ1n) is 4.06. The first kappa shape index (κ1) is 8.64. The maximum atomic E-state index is 11.2. The molecule has 2 heterocycles. The maximum absolute atomic E-state index is 11.2. The largest absolute Gasteiger partial charge is 0.453 e. The molecule has 3 nitrogen and oxygen atoms in total. The zero-order chi connectivity index (χ0) is 9.47. The van der Waals surface area contributed by atoms with E-state index in [-0.39, 0.29) is 11.9 Å². The van der Waals surface area contributed by atoms with Gasteiger partial charge in [-0.2, -0.15) is 17.0 Å². The van der Waals surface area contributed by atoms with E-state index in [9.17, 15) is 4.79 Å². The van der Waals surface area contributed by atoms with Gasteiger partial charge in [0, 0.05) is 23.5 Å². The summed E-state index contributed by atoms with van der Waals surface area (Å²) < 4.78 is 5.24. The highest BCUT2D eigenvalue weighted by Crippen LogP contribution is 2.44. The third kappa shape index (κ3) is 1.15. The molecule has 2 rings (SSSR count). The monoisotopic (exact) mass is 195 g/mol. The van der Waals surface area contributed by atoms with E-state index in [4.69, 9.17) is 10.00 Å². The minimum absolute atomic E-state index is 0.166. The van der Waals surface area contributed by atoms with Crippen molar-refractivity contribution in [2.45, 2.75) is 12.0 Å². The average molecular weight is 195 g/mol. The van der Waals surface area contributed by atoms with Crippen LogP contribution in [0.4, 0.5) is 0 Å². The van der Waals surface area contributed by atoms with Crippen molar-refractivity contribution in [1.29, 1.82) is 5.26 Å². The summed E-state index contributed by atoms with van der Waals surface area (Å²) in [5.74, 6) is 0.996. The third-order valence-corrected chi connectivity index (χ3v) is 3.78. The number of nitrogens with zero attached hydrogens (tertiary/aromatic N) is 1. The Morgan fingerprint density at radius 3 is 3.08 bits per heavy atom. The maximum Gasteiger partial charge on any atom is 0.334 e. The number of carbonyl (C=O) groups excluding carboxylic acids is 1. The second kappa shape index (κ2) is 2.78. The highest BCUT2D eigenvalue weighted by Gasteiger charge is 2.52. The molecule has 4 heteroatoms. The lowest BCUT2D eigenvalue weighted by molar-refractivity contribution is -0.146. The summed E-state index contributed by atoms with van der Waals surface area (Å²) in [6.45, 7) is 3.63. The lowest BCUT2D eigenvalue weighted by Crippen LogP contribution is -2.35. The van der Waals surface area contributed by atoms with Crippen molar-refractivity contribution in [3.05, 3.63) is 12.2 Å². The summed E-state index contributed by atoms with van der Waals surface area (Å²) in [5.41, 5.74) is -0.0455. The van der Waals surface area contributed by atoms with Gasteiger partial charge in [-0.15, -0.1) is 0 Å². The topological polar surface area (TPSA) is 50.1 Å². The Balaban J connectivity index is 2.28. The Morgan fingerprint density at radius 1 is 1.77 bits per heavy atom. The Hall–Kier alpha value is -0.950. The molecule has 0 bridgehead atoms. The van der Waals surface area contributed by atoms with E-state index in [2.05, 4.69) is 12.6 Å². The van der Waals surface area contributed by atoms with Crippen LogP contribution < -0.4 is 0 Å². The van der Waals surface area contributed by atoms with Crippen LogP contribution in [-0.2, 0) is 9.53 Å². The van der Waals surface area contributed by atoms with Gasteiger partial charge in [0.2, 0.25) is 0 Å². The van der Waals surface area contributed by atoms with E-state index in [0.29, 0.717) is 12.0 Å². The van der Waals surface area contributed by atoms with Crippen LogP contribution in [0, 0.1) is 17.2 Å². The zero-order valence-electron chi connectivity index (χ0n) is 7.08. The van der Waals surface area contributed by atoms with E-state index < -0.39 is 5.60 Å². The Labute approximate surface area is 80.7 Å². The Bertz CT molecular complexity index is 302. The fourth-order valence-electron chi connectivity index (χ4n) is 1.76. The minimum atomic E-state index is -0.548. The van der Waals surface area contributed by atoms with Crippen LogP contribution in [0.1, 0.15) is 6.42 Å². The number of hydrogen-bond donors (Lipinski definition) is 0. The molecule has 0 N–H and O–H groups in total. The predicted octanol–water partition coefficient (Wildman–Crippen LogP) is 1.11. The number of thioether (sulfide) groups is 1. The van der Waals surface area contributed by atoms with Gasteiger partial charge >= 0.3 is 5.97 Å². The van der Waals surface area contributed by atoms with Gasteiger partial charge in [0.05, 0.1) is 12.0 Å². The van der Waals surface area contributed by atoms with Crippen LogP contribution in [0.15, 0.2) is 12.2 Å². The van der Waals surface area contributed by atoms with E-state index in [1.807, 2.05) is 0 Å². The summed E-state index contributed by atoms with van der Waals surface area (Å²) in [6, 6.07) is 2.20. The molecule has 0 aromatic rings. The molecular weight excluding hydrogens is 186 g/mol. The molecule has 68 valence electrons. The molecule has 2 unspecified atom stereocenters. The molecule has 13 heavy (non-hydrogen) atoms.